The van der Waals surface area contributed by atoms with Gasteiger partial charge in [-0.25, -0.2) is 4.39 Å². The van der Waals surface area contributed by atoms with Crippen molar-refractivity contribution in [3.63, 3.8) is 0 Å². The van der Waals surface area contributed by atoms with Gasteiger partial charge in [0, 0.05) is 16.8 Å². The van der Waals surface area contributed by atoms with Gasteiger partial charge >= 0.3 is 0 Å². The van der Waals surface area contributed by atoms with E-state index in [-0.39, 0.29) is 24.4 Å². The zero-order valence-corrected chi connectivity index (χ0v) is 13.5. The Bertz CT molecular complexity index is 717. The molecule has 2 aromatic carbocycles. The van der Waals surface area contributed by atoms with Gasteiger partial charge in [-0.15, -0.1) is 0 Å². The third-order valence-corrected chi connectivity index (χ3v) is 4.27. The van der Waals surface area contributed by atoms with Crippen molar-refractivity contribution in [2.75, 3.05) is 11.5 Å². The third kappa shape index (κ3) is 3.48. The SMILES string of the molecule is C[C@@H]1CCc2cc(F)ccc2N1C(=O)COc1ccc(Cl)cc1. The number of amides is 1. The Balaban J connectivity index is 1.75. The van der Waals surface area contributed by atoms with Crippen LogP contribution in [0.5, 0.6) is 5.75 Å². The maximum Gasteiger partial charge on any atom is 0.265 e. The lowest BCUT2D eigenvalue weighted by Gasteiger charge is -2.35. The Hall–Kier alpha value is -2.07. The molecule has 0 spiro atoms. The minimum Gasteiger partial charge on any atom is -0.484 e. The fraction of sp³-hybridized carbons (Fsp3) is 0.278. The molecule has 1 heterocycles. The Morgan fingerprint density at radius 3 is 2.78 bits per heavy atom. The number of halogens is 2. The van der Waals surface area contributed by atoms with Crippen LogP contribution in [-0.4, -0.2) is 18.6 Å². The number of rotatable bonds is 3. The van der Waals surface area contributed by atoms with Crippen molar-refractivity contribution in [3.8, 4) is 5.75 Å². The van der Waals surface area contributed by atoms with Crippen molar-refractivity contribution in [2.45, 2.75) is 25.8 Å². The van der Waals surface area contributed by atoms with Gasteiger partial charge in [-0.2, -0.15) is 0 Å². The van der Waals surface area contributed by atoms with Gasteiger partial charge in [0.25, 0.3) is 5.91 Å². The van der Waals surface area contributed by atoms with E-state index in [2.05, 4.69) is 0 Å². The van der Waals surface area contributed by atoms with E-state index >= 15 is 0 Å². The fourth-order valence-corrected chi connectivity index (χ4v) is 2.97. The number of aryl methyl sites for hydroxylation is 1. The molecule has 0 unspecified atom stereocenters. The molecule has 0 saturated heterocycles. The molecule has 23 heavy (non-hydrogen) atoms. The Morgan fingerprint density at radius 2 is 2.04 bits per heavy atom. The summed E-state index contributed by atoms with van der Waals surface area (Å²) in [5, 5.41) is 0.615. The average molecular weight is 334 g/mol. The predicted octanol–water partition coefficient (Wildman–Crippen LogP) is 4.23. The molecule has 0 aromatic heterocycles. The number of carbonyl (C=O) groups is 1. The van der Waals surface area contributed by atoms with Crippen molar-refractivity contribution in [2.24, 2.45) is 0 Å². The van der Waals surface area contributed by atoms with E-state index < -0.39 is 0 Å². The molecule has 0 bridgehead atoms. The van der Waals surface area contributed by atoms with Crippen LogP contribution in [0.2, 0.25) is 5.02 Å². The summed E-state index contributed by atoms with van der Waals surface area (Å²) in [6.45, 7) is 1.93. The van der Waals surface area contributed by atoms with Crippen molar-refractivity contribution >= 4 is 23.2 Å². The van der Waals surface area contributed by atoms with E-state index in [0.717, 1.165) is 24.1 Å². The van der Waals surface area contributed by atoms with Crippen LogP contribution in [0.1, 0.15) is 18.9 Å². The number of hydrogen-bond donors (Lipinski definition) is 0. The van der Waals surface area contributed by atoms with Crippen LogP contribution < -0.4 is 9.64 Å². The average Bonchev–Trinajstić information content (AvgIpc) is 2.54. The van der Waals surface area contributed by atoms with Crippen LogP contribution in [0.25, 0.3) is 0 Å². The highest BCUT2D eigenvalue weighted by atomic mass is 35.5. The molecule has 1 aliphatic rings. The summed E-state index contributed by atoms with van der Waals surface area (Å²) in [6, 6.07) is 11.5. The minimum atomic E-state index is -0.275. The molecule has 5 heteroatoms. The number of fused-ring (bicyclic) bond motifs is 1. The summed E-state index contributed by atoms with van der Waals surface area (Å²) < 4.78 is 18.9. The first-order valence-electron chi connectivity index (χ1n) is 7.53. The van der Waals surface area contributed by atoms with E-state index in [1.807, 2.05) is 6.92 Å². The van der Waals surface area contributed by atoms with Gasteiger partial charge in [0.2, 0.25) is 0 Å². The molecule has 120 valence electrons. The number of hydrogen-bond acceptors (Lipinski definition) is 2. The summed E-state index contributed by atoms with van der Waals surface area (Å²) >= 11 is 5.82. The van der Waals surface area contributed by atoms with E-state index in [1.54, 1.807) is 35.2 Å². The van der Waals surface area contributed by atoms with Gasteiger partial charge in [0.05, 0.1) is 0 Å². The normalized spacial score (nSPS) is 16.8. The van der Waals surface area contributed by atoms with Gasteiger partial charge in [0.1, 0.15) is 11.6 Å². The number of carbonyl (C=O) groups excluding carboxylic acids is 1. The van der Waals surface area contributed by atoms with E-state index in [9.17, 15) is 9.18 Å². The lowest BCUT2D eigenvalue weighted by molar-refractivity contribution is -0.121. The summed E-state index contributed by atoms with van der Waals surface area (Å²) in [6.07, 6.45) is 1.58. The molecule has 0 saturated carbocycles. The predicted molar refractivity (Wildman–Crippen MR) is 88.6 cm³/mol. The second-order valence-corrected chi connectivity index (χ2v) is 6.10. The number of ether oxygens (including phenoxy) is 1. The lowest BCUT2D eigenvalue weighted by Crippen LogP contribution is -2.44. The monoisotopic (exact) mass is 333 g/mol. The van der Waals surface area contributed by atoms with E-state index in [4.69, 9.17) is 16.3 Å². The zero-order chi connectivity index (χ0) is 16.4. The summed E-state index contributed by atoms with van der Waals surface area (Å²) in [7, 11) is 0. The molecule has 3 nitrogen and oxygen atoms in total. The second-order valence-electron chi connectivity index (χ2n) is 5.67. The van der Waals surface area contributed by atoms with E-state index in [0.29, 0.717) is 10.8 Å². The molecule has 0 radical (unpaired) electrons. The topological polar surface area (TPSA) is 29.5 Å². The van der Waals surface area contributed by atoms with Gasteiger partial charge in [0.15, 0.2) is 6.61 Å². The minimum absolute atomic E-state index is 0.0641. The van der Waals surface area contributed by atoms with Crippen molar-refractivity contribution in [1.29, 1.82) is 0 Å². The number of nitrogens with zero attached hydrogens (tertiary/aromatic N) is 1. The molecule has 1 amide bonds. The molecule has 2 aromatic rings. The zero-order valence-electron chi connectivity index (χ0n) is 12.8. The highest BCUT2D eigenvalue weighted by Gasteiger charge is 2.28. The fourth-order valence-electron chi connectivity index (χ4n) is 2.85. The summed E-state index contributed by atoms with van der Waals surface area (Å²) in [5.74, 6) is 0.176. The Labute approximate surface area is 139 Å². The molecule has 0 fully saturated rings. The van der Waals surface area contributed by atoms with Crippen LogP contribution in [-0.2, 0) is 11.2 Å². The Kier molecular flexibility index (Phi) is 4.53. The number of anilines is 1. The largest absolute Gasteiger partial charge is 0.484 e. The smallest absolute Gasteiger partial charge is 0.265 e. The summed E-state index contributed by atoms with van der Waals surface area (Å²) in [5.41, 5.74) is 1.64. The lowest BCUT2D eigenvalue weighted by atomic mass is 9.96. The van der Waals surface area contributed by atoms with Crippen LogP contribution in [0, 0.1) is 5.82 Å². The third-order valence-electron chi connectivity index (χ3n) is 4.02. The summed E-state index contributed by atoms with van der Waals surface area (Å²) in [4.78, 5) is 14.3. The van der Waals surface area contributed by atoms with Crippen LogP contribution in [0.4, 0.5) is 10.1 Å². The first-order chi connectivity index (χ1) is 11.0. The van der Waals surface area contributed by atoms with Gasteiger partial charge in [-0.3, -0.25) is 4.79 Å². The standard InChI is InChI=1S/C18H17ClFNO2/c1-12-2-3-13-10-15(20)6-9-17(13)21(12)18(22)11-23-16-7-4-14(19)5-8-16/h4-10,12H,2-3,11H2,1H3/t12-/m1/s1. The van der Waals surface area contributed by atoms with Crippen molar-refractivity contribution < 1.29 is 13.9 Å². The molecular formula is C18H17ClFNO2. The quantitative estimate of drug-likeness (QED) is 0.841. The van der Waals surface area contributed by atoms with Crippen molar-refractivity contribution in [3.05, 3.63) is 58.9 Å². The first kappa shape index (κ1) is 15.8. The maximum absolute atomic E-state index is 13.4. The van der Waals surface area contributed by atoms with Gasteiger partial charge < -0.3 is 9.64 Å². The van der Waals surface area contributed by atoms with E-state index in [1.165, 1.54) is 12.1 Å². The van der Waals surface area contributed by atoms with Gasteiger partial charge in [-0.1, -0.05) is 11.6 Å². The second kappa shape index (κ2) is 6.59. The molecule has 0 N–H and O–H groups in total. The molecule has 3 rings (SSSR count). The van der Waals surface area contributed by atoms with Crippen LogP contribution >= 0.6 is 11.6 Å². The van der Waals surface area contributed by atoms with Crippen LogP contribution in [0.3, 0.4) is 0 Å². The highest BCUT2D eigenvalue weighted by Crippen LogP contribution is 2.31. The Morgan fingerprint density at radius 1 is 1.30 bits per heavy atom. The van der Waals surface area contributed by atoms with Crippen LogP contribution in [0.15, 0.2) is 42.5 Å². The highest BCUT2D eigenvalue weighted by molar-refractivity contribution is 6.30. The molecule has 0 aliphatic carbocycles. The molecular weight excluding hydrogens is 317 g/mol. The molecule has 1 atom stereocenters. The molecule has 1 aliphatic heterocycles. The van der Waals surface area contributed by atoms with Gasteiger partial charge in [-0.05, 0) is 67.8 Å². The first-order valence-corrected chi connectivity index (χ1v) is 7.91. The number of benzene rings is 2. The van der Waals surface area contributed by atoms with Crippen molar-refractivity contribution in [1.82, 2.24) is 0 Å². The maximum atomic E-state index is 13.4.